The Balaban J connectivity index is 1.73. The van der Waals surface area contributed by atoms with Crippen molar-refractivity contribution in [1.82, 2.24) is 14.7 Å². The molecule has 0 bridgehead atoms. The average Bonchev–Trinajstić information content (AvgIpc) is 3.04. The molecule has 96 valence electrons. The van der Waals surface area contributed by atoms with Crippen molar-refractivity contribution in [3.8, 4) is 0 Å². The third-order valence-electron chi connectivity index (χ3n) is 2.68. The number of pyridine rings is 1. The first kappa shape index (κ1) is 12.2. The summed E-state index contributed by atoms with van der Waals surface area (Å²) in [5.41, 5.74) is 2.28. The molecule has 0 aliphatic carbocycles. The van der Waals surface area contributed by atoms with Crippen LogP contribution >= 0.6 is 22.9 Å². The number of nitrogens with one attached hydrogen (secondary N) is 1. The Bertz CT molecular complexity index is 721. The Labute approximate surface area is 118 Å². The van der Waals surface area contributed by atoms with Gasteiger partial charge in [-0.05, 0) is 23.6 Å². The van der Waals surface area contributed by atoms with Gasteiger partial charge >= 0.3 is 0 Å². The molecule has 0 saturated carbocycles. The highest BCUT2D eigenvalue weighted by Crippen LogP contribution is 2.12. The van der Waals surface area contributed by atoms with Crippen molar-refractivity contribution in [1.29, 1.82) is 0 Å². The third-order valence-corrected chi connectivity index (χ3v) is 3.59. The van der Waals surface area contributed by atoms with Crippen molar-refractivity contribution in [3.63, 3.8) is 0 Å². The number of imidazole rings is 1. The number of carbonyl (C=O) groups excluding carboxylic acids is 1. The Morgan fingerprint density at radius 1 is 1.37 bits per heavy atom. The summed E-state index contributed by atoms with van der Waals surface area (Å²) in [6, 6.07) is 5.42. The fourth-order valence-electron chi connectivity index (χ4n) is 1.77. The molecule has 0 aromatic carbocycles. The minimum absolute atomic E-state index is 0.0867. The number of amides is 1. The molecule has 0 unspecified atom stereocenters. The maximum absolute atomic E-state index is 11.8. The molecule has 19 heavy (non-hydrogen) atoms. The molecule has 6 heteroatoms. The maximum atomic E-state index is 11.8. The van der Waals surface area contributed by atoms with E-state index < -0.39 is 0 Å². The Morgan fingerprint density at radius 2 is 2.26 bits per heavy atom. The van der Waals surface area contributed by atoms with Crippen molar-refractivity contribution in [2.75, 3.05) is 0 Å². The van der Waals surface area contributed by atoms with Gasteiger partial charge in [0.15, 0.2) is 0 Å². The van der Waals surface area contributed by atoms with E-state index in [0.717, 1.165) is 11.3 Å². The summed E-state index contributed by atoms with van der Waals surface area (Å²) in [5.74, 6) is -0.0867. The zero-order chi connectivity index (χ0) is 13.2. The van der Waals surface area contributed by atoms with Crippen LogP contribution < -0.4 is 5.32 Å². The largest absolute Gasteiger partial charge is 0.346 e. The first-order valence-electron chi connectivity index (χ1n) is 5.66. The lowest BCUT2D eigenvalue weighted by molar-refractivity contribution is 0.0951. The molecule has 3 aromatic rings. The van der Waals surface area contributed by atoms with Crippen LogP contribution in [0.15, 0.2) is 41.4 Å². The SMILES string of the molecule is O=C(NCc1cn2cc(Cl)ccc2n1)c1ccsc1. The van der Waals surface area contributed by atoms with Gasteiger partial charge in [-0.2, -0.15) is 11.3 Å². The van der Waals surface area contributed by atoms with Crippen LogP contribution in [0.3, 0.4) is 0 Å². The molecule has 0 atom stereocenters. The van der Waals surface area contributed by atoms with Gasteiger partial charge in [0.25, 0.3) is 5.91 Å². The lowest BCUT2D eigenvalue weighted by Gasteiger charge is -1.99. The summed E-state index contributed by atoms with van der Waals surface area (Å²) in [5, 5.41) is 7.18. The van der Waals surface area contributed by atoms with Crippen molar-refractivity contribution in [2.24, 2.45) is 0 Å². The molecule has 3 rings (SSSR count). The van der Waals surface area contributed by atoms with Gasteiger partial charge in [-0.15, -0.1) is 0 Å². The van der Waals surface area contributed by atoms with Crippen LogP contribution in [-0.2, 0) is 6.54 Å². The van der Waals surface area contributed by atoms with Gasteiger partial charge < -0.3 is 9.72 Å². The molecule has 0 aliphatic heterocycles. The minimum Gasteiger partial charge on any atom is -0.346 e. The molecule has 0 spiro atoms. The number of hydrogen-bond donors (Lipinski definition) is 1. The highest BCUT2D eigenvalue weighted by molar-refractivity contribution is 7.08. The third kappa shape index (κ3) is 2.62. The summed E-state index contributed by atoms with van der Waals surface area (Å²) >= 11 is 7.41. The highest BCUT2D eigenvalue weighted by atomic mass is 35.5. The van der Waals surface area contributed by atoms with E-state index in [2.05, 4.69) is 10.3 Å². The smallest absolute Gasteiger partial charge is 0.252 e. The van der Waals surface area contributed by atoms with E-state index in [0.29, 0.717) is 17.1 Å². The zero-order valence-corrected chi connectivity index (χ0v) is 11.4. The Hall–Kier alpha value is -1.85. The van der Waals surface area contributed by atoms with Crippen LogP contribution in [0.5, 0.6) is 0 Å². The Kier molecular flexibility index (Phi) is 3.23. The average molecular weight is 292 g/mol. The second-order valence-electron chi connectivity index (χ2n) is 4.04. The van der Waals surface area contributed by atoms with E-state index in [9.17, 15) is 4.79 Å². The van der Waals surface area contributed by atoms with E-state index in [1.165, 1.54) is 11.3 Å². The molecule has 0 radical (unpaired) electrons. The van der Waals surface area contributed by atoms with E-state index in [1.54, 1.807) is 18.3 Å². The molecule has 1 N–H and O–H groups in total. The second kappa shape index (κ2) is 5.03. The molecule has 3 aromatic heterocycles. The fourth-order valence-corrected chi connectivity index (χ4v) is 2.57. The van der Waals surface area contributed by atoms with Gasteiger partial charge in [0.2, 0.25) is 0 Å². The standard InChI is InChI=1S/C13H10ClN3OS/c14-10-1-2-12-16-11(7-17(12)6-10)5-15-13(18)9-3-4-19-8-9/h1-4,6-8H,5H2,(H,15,18). The van der Waals surface area contributed by atoms with Crippen molar-refractivity contribution < 1.29 is 4.79 Å². The van der Waals surface area contributed by atoms with Crippen molar-refractivity contribution in [2.45, 2.75) is 6.54 Å². The first-order valence-corrected chi connectivity index (χ1v) is 6.98. The number of nitrogens with zero attached hydrogens (tertiary/aromatic N) is 2. The van der Waals surface area contributed by atoms with E-state index in [4.69, 9.17) is 11.6 Å². The molecule has 1 amide bonds. The Morgan fingerprint density at radius 3 is 3.05 bits per heavy atom. The van der Waals surface area contributed by atoms with Crippen LogP contribution in [0.25, 0.3) is 5.65 Å². The number of halogens is 1. The summed E-state index contributed by atoms with van der Waals surface area (Å²) < 4.78 is 1.84. The topological polar surface area (TPSA) is 46.4 Å². The van der Waals surface area contributed by atoms with Crippen LogP contribution in [0.2, 0.25) is 5.02 Å². The number of carbonyl (C=O) groups is 1. The fraction of sp³-hybridized carbons (Fsp3) is 0.0769. The van der Waals surface area contributed by atoms with Gasteiger partial charge in [-0.25, -0.2) is 4.98 Å². The molecular formula is C13H10ClN3OS. The number of thiophene rings is 1. The summed E-state index contributed by atoms with van der Waals surface area (Å²) in [6.45, 7) is 0.397. The first-order chi connectivity index (χ1) is 9.22. The van der Waals surface area contributed by atoms with E-state index >= 15 is 0 Å². The molecule has 0 fully saturated rings. The lowest BCUT2D eigenvalue weighted by Crippen LogP contribution is -2.22. The minimum atomic E-state index is -0.0867. The highest BCUT2D eigenvalue weighted by Gasteiger charge is 2.07. The number of aromatic nitrogens is 2. The summed E-state index contributed by atoms with van der Waals surface area (Å²) in [6.07, 6.45) is 3.64. The maximum Gasteiger partial charge on any atom is 0.252 e. The van der Waals surface area contributed by atoms with Crippen LogP contribution in [0.4, 0.5) is 0 Å². The molecule has 4 nitrogen and oxygen atoms in total. The van der Waals surface area contributed by atoms with Crippen LogP contribution in [0, 0.1) is 0 Å². The molecule has 0 aliphatic rings. The number of rotatable bonds is 3. The quantitative estimate of drug-likeness (QED) is 0.806. The predicted molar refractivity (Wildman–Crippen MR) is 75.7 cm³/mol. The van der Waals surface area contributed by atoms with E-state index in [1.807, 2.05) is 27.4 Å². The van der Waals surface area contributed by atoms with Gasteiger partial charge in [-0.1, -0.05) is 11.6 Å². The number of fused-ring (bicyclic) bond motifs is 1. The normalized spacial score (nSPS) is 10.8. The molecular weight excluding hydrogens is 282 g/mol. The zero-order valence-electron chi connectivity index (χ0n) is 9.84. The summed E-state index contributed by atoms with van der Waals surface area (Å²) in [4.78, 5) is 16.2. The molecule has 3 heterocycles. The predicted octanol–water partition coefficient (Wildman–Crippen LogP) is 2.98. The van der Waals surface area contributed by atoms with Gasteiger partial charge in [0, 0.05) is 23.3 Å². The van der Waals surface area contributed by atoms with Crippen molar-refractivity contribution >= 4 is 34.5 Å². The van der Waals surface area contributed by atoms with Gasteiger partial charge in [-0.3, -0.25) is 4.79 Å². The van der Waals surface area contributed by atoms with Crippen LogP contribution in [-0.4, -0.2) is 15.3 Å². The van der Waals surface area contributed by atoms with Crippen molar-refractivity contribution in [3.05, 3.63) is 57.6 Å². The second-order valence-corrected chi connectivity index (χ2v) is 5.26. The van der Waals surface area contributed by atoms with Gasteiger partial charge in [0.05, 0.1) is 17.3 Å². The van der Waals surface area contributed by atoms with E-state index in [-0.39, 0.29) is 5.91 Å². The monoisotopic (exact) mass is 291 g/mol. The van der Waals surface area contributed by atoms with Gasteiger partial charge in [0.1, 0.15) is 5.65 Å². The summed E-state index contributed by atoms with van der Waals surface area (Å²) in [7, 11) is 0. The number of hydrogen-bond acceptors (Lipinski definition) is 3. The molecule has 0 saturated heterocycles. The van der Waals surface area contributed by atoms with Crippen LogP contribution in [0.1, 0.15) is 16.1 Å². The lowest BCUT2D eigenvalue weighted by atomic mass is 10.3.